The van der Waals surface area contributed by atoms with Gasteiger partial charge in [-0.1, -0.05) is 23.8 Å². The van der Waals surface area contributed by atoms with Gasteiger partial charge >= 0.3 is 5.97 Å². The number of pyridine rings is 1. The summed E-state index contributed by atoms with van der Waals surface area (Å²) < 4.78 is 17.0. The molecule has 182 valence electrons. The number of rotatable bonds is 12. The molecule has 0 fully saturated rings. The number of carbonyl (C=O) groups excluding carboxylic acids is 1. The van der Waals surface area contributed by atoms with Crippen LogP contribution in [0.15, 0.2) is 41.3 Å². The fraction of sp³-hybridized carbons (Fsp3) is 0.417. The summed E-state index contributed by atoms with van der Waals surface area (Å²) in [6, 6.07) is 3.08. The van der Waals surface area contributed by atoms with Crippen molar-refractivity contribution < 1.29 is 28.9 Å². The molecule has 1 amide bonds. The van der Waals surface area contributed by atoms with Crippen molar-refractivity contribution in [1.82, 2.24) is 9.97 Å². The maximum Gasteiger partial charge on any atom is 0.309 e. The molecule has 2 atom stereocenters. The quantitative estimate of drug-likeness (QED) is 0.456. The Morgan fingerprint density at radius 1 is 1.18 bits per heavy atom. The van der Waals surface area contributed by atoms with Crippen LogP contribution in [-0.2, 0) is 16.0 Å². The van der Waals surface area contributed by atoms with E-state index in [4.69, 9.17) is 19.3 Å². The summed E-state index contributed by atoms with van der Waals surface area (Å²) >= 11 is 1.16. The van der Waals surface area contributed by atoms with E-state index >= 15 is 0 Å². The van der Waals surface area contributed by atoms with Crippen LogP contribution >= 0.6 is 11.3 Å². The monoisotopic (exact) mass is 487 g/mol. The Labute approximate surface area is 202 Å². The van der Waals surface area contributed by atoms with Gasteiger partial charge in [0.2, 0.25) is 11.8 Å². The average molecular weight is 488 g/mol. The summed E-state index contributed by atoms with van der Waals surface area (Å²) in [4.78, 5) is 32.4. The molecule has 9 nitrogen and oxygen atoms in total. The molecule has 1 aliphatic rings. The van der Waals surface area contributed by atoms with Gasteiger partial charge in [-0.15, -0.1) is 11.3 Å². The Kier molecular flexibility index (Phi) is 9.17. The zero-order chi connectivity index (χ0) is 24.5. The highest BCUT2D eigenvalue weighted by Crippen LogP contribution is 2.25. The van der Waals surface area contributed by atoms with Crippen LogP contribution in [0.1, 0.15) is 49.2 Å². The van der Waals surface area contributed by atoms with Gasteiger partial charge in [-0.05, 0) is 26.7 Å². The maximum absolute atomic E-state index is 12.9. The Balaban J connectivity index is 1.76. The lowest BCUT2D eigenvalue weighted by Crippen LogP contribution is -2.20. The van der Waals surface area contributed by atoms with Crippen molar-refractivity contribution in [3.8, 4) is 11.8 Å². The first kappa shape index (κ1) is 25.4. The third kappa shape index (κ3) is 7.96. The summed E-state index contributed by atoms with van der Waals surface area (Å²) in [7, 11) is 1.58. The van der Waals surface area contributed by atoms with Crippen molar-refractivity contribution in [2.75, 3.05) is 19.0 Å². The molecule has 2 unspecified atom stereocenters. The Morgan fingerprint density at radius 2 is 1.91 bits per heavy atom. The van der Waals surface area contributed by atoms with Gasteiger partial charge in [-0.25, -0.2) is 4.98 Å². The van der Waals surface area contributed by atoms with Gasteiger partial charge in [0.15, 0.2) is 5.13 Å². The summed E-state index contributed by atoms with van der Waals surface area (Å²) in [5, 5.41) is 13.5. The zero-order valence-corrected chi connectivity index (χ0v) is 20.3. The number of aliphatic carboxylic acids is 1. The molecule has 0 saturated carbocycles. The van der Waals surface area contributed by atoms with E-state index in [1.54, 1.807) is 18.6 Å². The summed E-state index contributed by atoms with van der Waals surface area (Å²) in [6.07, 6.45) is 8.43. The molecule has 1 aliphatic carbocycles. The molecule has 2 aromatic rings. The van der Waals surface area contributed by atoms with E-state index in [9.17, 15) is 9.59 Å². The average Bonchev–Trinajstić information content (AvgIpc) is 3.20. The van der Waals surface area contributed by atoms with E-state index in [0.29, 0.717) is 17.4 Å². The zero-order valence-electron chi connectivity index (χ0n) is 19.4. The number of anilines is 1. The fourth-order valence-corrected chi connectivity index (χ4v) is 4.12. The number of amides is 1. The number of hydrogen-bond acceptors (Lipinski definition) is 8. The molecule has 0 aliphatic heterocycles. The first-order valence-corrected chi connectivity index (χ1v) is 11.9. The van der Waals surface area contributed by atoms with Crippen molar-refractivity contribution in [2.45, 2.75) is 51.7 Å². The van der Waals surface area contributed by atoms with Crippen LogP contribution in [0, 0.1) is 0 Å². The normalized spacial score (nSPS) is 14.7. The molecule has 0 aromatic carbocycles. The van der Waals surface area contributed by atoms with E-state index < -0.39 is 11.9 Å². The second-order valence-electron chi connectivity index (χ2n) is 8.01. The van der Waals surface area contributed by atoms with E-state index in [2.05, 4.69) is 33.5 Å². The predicted molar refractivity (Wildman–Crippen MR) is 129 cm³/mol. The van der Waals surface area contributed by atoms with Gasteiger partial charge in [0.1, 0.15) is 12.2 Å². The minimum atomic E-state index is -0.986. The smallest absolute Gasteiger partial charge is 0.309 e. The van der Waals surface area contributed by atoms with Crippen molar-refractivity contribution in [1.29, 1.82) is 0 Å². The van der Waals surface area contributed by atoms with Gasteiger partial charge < -0.3 is 19.3 Å². The van der Waals surface area contributed by atoms with E-state index in [-0.39, 0.29) is 36.0 Å². The minimum absolute atomic E-state index is 0.148. The summed E-state index contributed by atoms with van der Waals surface area (Å²) in [5.74, 6) is -0.900. The van der Waals surface area contributed by atoms with Crippen molar-refractivity contribution >= 4 is 28.3 Å². The number of nitrogens with zero attached hydrogens (tertiary/aromatic N) is 2. The molecule has 0 spiro atoms. The van der Waals surface area contributed by atoms with E-state index in [1.165, 1.54) is 11.6 Å². The van der Waals surface area contributed by atoms with Crippen LogP contribution in [-0.4, -0.2) is 52.9 Å². The van der Waals surface area contributed by atoms with E-state index in [0.717, 1.165) is 30.6 Å². The van der Waals surface area contributed by atoms with Crippen LogP contribution in [0.4, 0.5) is 5.13 Å². The highest BCUT2D eigenvalue weighted by molar-refractivity contribution is 7.14. The topological polar surface area (TPSA) is 120 Å². The molecular weight excluding hydrogens is 458 g/mol. The lowest BCUT2D eigenvalue weighted by atomic mass is 10.00. The highest BCUT2D eigenvalue weighted by Gasteiger charge is 2.17. The molecular formula is C24H29N3O6S. The number of carboxylic acid groups (broad SMARTS) is 1. The standard InChI is InChI=1S/C24H29N3O6S/c1-15(9-17-7-5-4-6-8-17)32-20-10-18(11-21(26-20)33-16(2)13-31-3)23(30)27-24-25-19(14-34-24)12-22(28)29/h4-5,7,10-11,14-16H,6,8-9,12-13H2,1-3H3,(H,28,29)(H,25,27,30). The van der Waals surface area contributed by atoms with Crippen LogP contribution in [0.5, 0.6) is 11.8 Å². The number of methoxy groups -OCH3 is 1. The summed E-state index contributed by atoms with van der Waals surface area (Å²) in [6.45, 7) is 4.16. The molecule has 0 saturated heterocycles. The molecule has 10 heteroatoms. The van der Waals surface area contributed by atoms with Gasteiger partial charge in [0.25, 0.3) is 5.91 Å². The third-order valence-corrected chi connectivity index (χ3v) is 5.65. The fourth-order valence-electron chi connectivity index (χ4n) is 3.42. The van der Waals surface area contributed by atoms with Crippen molar-refractivity contribution in [3.63, 3.8) is 0 Å². The number of carboxylic acids is 1. The number of nitrogens with one attached hydrogen (secondary N) is 1. The number of thiazole rings is 1. The SMILES string of the molecule is COCC(C)Oc1cc(C(=O)Nc2nc(CC(=O)O)cs2)cc(OC(C)CC2=CC=CCC2)n1. The van der Waals surface area contributed by atoms with Gasteiger partial charge in [-0.3, -0.25) is 14.9 Å². The van der Waals surface area contributed by atoms with Crippen LogP contribution < -0.4 is 14.8 Å². The highest BCUT2D eigenvalue weighted by atomic mass is 32.1. The molecule has 0 radical (unpaired) electrons. The third-order valence-electron chi connectivity index (χ3n) is 4.84. The second-order valence-corrected chi connectivity index (χ2v) is 8.87. The predicted octanol–water partition coefficient (Wildman–Crippen LogP) is 4.27. The van der Waals surface area contributed by atoms with Gasteiger partial charge in [0.05, 0.1) is 24.3 Å². The maximum atomic E-state index is 12.9. The molecule has 34 heavy (non-hydrogen) atoms. The molecule has 2 heterocycles. The van der Waals surface area contributed by atoms with Crippen LogP contribution in [0.2, 0.25) is 0 Å². The molecule has 2 aromatic heterocycles. The Hall–Kier alpha value is -3.24. The van der Waals surface area contributed by atoms with Gasteiger partial charge in [0, 0.05) is 31.0 Å². The van der Waals surface area contributed by atoms with Crippen molar-refractivity contribution in [2.24, 2.45) is 0 Å². The van der Waals surface area contributed by atoms with Crippen molar-refractivity contribution in [3.05, 3.63) is 52.6 Å². The lowest BCUT2D eigenvalue weighted by molar-refractivity contribution is -0.136. The number of aromatic nitrogens is 2. The molecule has 0 bridgehead atoms. The second kappa shape index (κ2) is 12.3. The number of carbonyl (C=O) groups is 2. The molecule has 3 rings (SSSR count). The van der Waals surface area contributed by atoms with E-state index in [1.807, 2.05) is 13.8 Å². The van der Waals surface area contributed by atoms with Gasteiger partial charge in [-0.2, -0.15) is 4.98 Å². The lowest BCUT2D eigenvalue weighted by Gasteiger charge is -2.19. The first-order chi connectivity index (χ1) is 16.3. The largest absolute Gasteiger partial charge is 0.481 e. The van der Waals surface area contributed by atoms with Crippen LogP contribution in [0.3, 0.4) is 0 Å². The number of ether oxygens (including phenoxy) is 3. The Morgan fingerprint density at radius 3 is 2.56 bits per heavy atom. The minimum Gasteiger partial charge on any atom is -0.481 e. The Bertz CT molecular complexity index is 1060. The van der Waals surface area contributed by atoms with Crippen LogP contribution in [0.25, 0.3) is 0 Å². The first-order valence-electron chi connectivity index (χ1n) is 11.0. The number of allylic oxidation sites excluding steroid dienone is 3. The summed E-state index contributed by atoms with van der Waals surface area (Å²) in [5.41, 5.74) is 1.96. The molecule has 2 N–H and O–H groups in total. The number of hydrogen-bond donors (Lipinski definition) is 2.